The molecule has 0 aliphatic carbocycles. The van der Waals surface area contributed by atoms with Crippen LogP contribution in [0.2, 0.25) is 0 Å². The lowest BCUT2D eigenvalue weighted by Gasteiger charge is -2.04. The Kier molecular flexibility index (Phi) is 8.34. The van der Waals surface area contributed by atoms with Crippen LogP contribution >= 0.6 is 22.7 Å². The van der Waals surface area contributed by atoms with E-state index < -0.39 is 0 Å². The van der Waals surface area contributed by atoms with Gasteiger partial charge in [0.2, 0.25) is 5.78 Å². The molecule has 0 unspecified atom stereocenters. The van der Waals surface area contributed by atoms with E-state index in [2.05, 4.69) is 13.0 Å². The Morgan fingerprint density at radius 2 is 2.00 bits per heavy atom. The van der Waals surface area contributed by atoms with Gasteiger partial charge in [0.05, 0.1) is 4.53 Å². The zero-order chi connectivity index (χ0) is 23.1. The Morgan fingerprint density at radius 3 is 2.59 bits per heavy atom. The number of thiazole rings is 1. The highest BCUT2D eigenvalue weighted by atomic mass is 32.1. The number of thiophene rings is 1. The predicted octanol–water partition coefficient (Wildman–Crippen LogP) is 3.65. The van der Waals surface area contributed by atoms with Crippen molar-refractivity contribution in [1.29, 1.82) is 5.26 Å². The normalized spacial score (nSPS) is 12.6. The molecule has 2 aromatic heterocycles. The first kappa shape index (κ1) is 23.9. The molecular weight excluding hydrogens is 440 g/mol. The van der Waals surface area contributed by atoms with Gasteiger partial charge in [-0.1, -0.05) is 37.6 Å². The first-order valence-electron chi connectivity index (χ1n) is 10.5. The molecule has 2 heterocycles. The highest BCUT2D eigenvalue weighted by Crippen LogP contribution is 2.16. The Balaban J connectivity index is 2.17. The molecule has 32 heavy (non-hydrogen) atoms. The lowest BCUT2D eigenvalue weighted by molar-refractivity contribution is 0.105. The van der Waals surface area contributed by atoms with Crippen LogP contribution in [0.4, 0.5) is 0 Å². The summed E-state index contributed by atoms with van der Waals surface area (Å²) in [5.74, 6) is -0.365. The molecule has 3 rings (SSSR count). The second kappa shape index (κ2) is 11.2. The number of ether oxygens (including phenoxy) is 1. The quantitative estimate of drug-likeness (QED) is 0.356. The molecule has 0 saturated heterocycles. The highest BCUT2D eigenvalue weighted by Gasteiger charge is 2.18. The number of rotatable bonds is 9. The second-order valence-corrected chi connectivity index (χ2v) is 9.43. The van der Waals surface area contributed by atoms with Crippen molar-refractivity contribution in [3.8, 4) is 6.07 Å². The van der Waals surface area contributed by atoms with Crippen LogP contribution in [0.1, 0.15) is 46.1 Å². The zero-order valence-electron chi connectivity index (χ0n) is 18.5. The molecule has 166 valence electrons. The smallest absolute Gasteiger partial charge is 0.269 e. The van der Waals surface area contributed by atoms with Gasteiger partial charge in [-0.3, -0.25) is 14.2 Å². The van der Waals surface area contributed by atoms with E-state index in [0.29, 0.717) is 34.3 Å². The standard InChI is InChI=1S/C25H26N2O3S2/c1-4-6-18-7-9-19(10-8-18)23(28)20(16-26)25-27(12-5-13-30-3)24(29)22(32-25)15-21-17(2)11-14-31-21/h7-11,14-15H,4-6,12-13H2,1-3H3/b22-15-,25-20-. The molecule has 1 aromatic carbocycles. The Hall–Kier alpha value is -2.79. The van der Waals surface area contributed by atoms with Crippen LogP contribution in [-0.4, -0.2) is 24.1 Å². The van der Waals surface area contributed by atoms with E-state index in [1.165, 1.54) is 11.3 Å². The van der Waals surface area contributed by atoms with Gasteiger partial charge in [-0.2, -0.15) is 5.26 Å². The maximum Gasteiger partial charge on any atom is 0.269 e. The molecule has 0 atom stereocenters. The number of hydrogen-bond donors (Lipinski definition) is 0. The van der Waals surface area contributed by atoms with Gasteiger partial charge in [0.1, 0.15) is 16.3 Å². The first-order chi connectivity index (χ1) is 15.5. The molecule has 5 nitrogen and oxygen atoms in total. The van der Waals surface area contributed by atoms with Crippen LogP contribution in [0.3, 0.4) is 0 Å². The number of carbonyl (C=O) groups excluding carboxylic acids is 1. The van der Waals surface area contributed by atoms with Gasteiger partial charge in [0, 0.05) is 30.7 Å². The summed E-state index contributed by atoms with van der Waals surface area (Å²) >= 11 is 2.75. The van der Waals surface area contributed by atoms with Crippen LogP contribution in [0.15, 0.2) is 40.5 Å². The van der Waals surface area contributed by atoms with Crippen molar-refractivity contribution in [3.05, 3.63) is 76.8 Å². The van der Waals surface area contributed by atoms with Crippen molar-refractivity contribution in [2.75, 3.05) is 13.7 Å². The topological polar surface area (TPSA) is 72.1 Å². The molecule has 0 amide bonds. The molecular formula is C25H26N2O3S2. The fourth-order valence-electron chi connectivity index (χ4n) is 3.38. The van der Waals surface area contributed by atoms with Crippen LogP contribution < -0.4 is 14.8 Å². The molecule has 0 N–H and O–H groups in total. The summed E-state index contributed by atoms with van der Waals surface area (Å²) in [6.45, 7) is 4.96. The van der Waals surface area contributed by atoms with Crippen molar-refractivity contribution < 1.29 is 9.53 Å². The lowest BCUT2D eigenvalue weighted by Crippen LogP contribution is -2.33. The number of carbonyl (C=O) groups is 1. The van der Waals surface area contributed by atoms with E-state index in [1.54, 1.807) is 35.1 Å². The number of ketones is 1. The van der Waals surface area contributed by atoms with E-state index in [0.717, 1.165) is 28.8 Å². The predicted molar refractivity (Wildman–Crippen MR) is 131 cm³/mol. The van der Waals surface area contributed by atoms with Crippen molar-refractivity contribution >= 4 is 40.1 Å². The molecule has 0 bridgehead atoms. The number of methoxy groups -OCH3 is 1. The van der Waals surface area contributed by atoms with Gasteiger partial charge in [-0.25, -0.2) is 0 Å². The highest BCUT2D eigenvalue weighted by molar-refractivity contribution is 7.11. The third kappa shape index (κ3) is 5.33. The summed E-state index contributed by atoms with van der Waals surface area (Å²) in [6, 6.07) is 11.4. The first-order valence-corrected chi connectivity index (χ1v) is 12.2. The molecule has 0 radical (unpaired) electrons. The lowest BCUT2D eigenvalue weighted by atomic mass is 10.0. The fourth-order valence-corrected chi connectivity index (χ4v) is 5.42. The number of Topliss-reactive ketones (excluding diaryl/α,β-unsaturated/α-hetero) is 1. The van der Waals surface area contributed by atoms with Crippen LogP contribution in [0, 0.1) is 18.3 Å². The monoisotopic (exact) mass is 466 g/mol. The van der Waals surface area contributed by atoms with Gasteiger partial charge in [0.15, 0.2) is 0 Å². The minimum absolute atomic E-state index is 0.00434. The largest absolute Gasteiger partial charge is 0.385 e. The number of hydrogen-bond acceptors (Lipinski definition) is 6. The summed E-state index contributed by atoms with van der Waals surface area (Å²) < 4.78 is 7.59. The molecule has 7 heteroatoms. The number of aromatic nitrogens is 1. The molecule has 0 aliphatic heterocycles. The van der Waals surface area contributed by atoms with Gasteiger partial charge in [-0.15, -0.1) is 22.7 Å². The Morgan fingerprint density at radius 1 is 1.25 bits per heavy atom. The maximum absolute atomic E-state index is 13.2. The van der Waals surface area contributed by atoms with Crippen molar-refractivity contribution in [2.45, 2.75) is 39.7 Å². The zero-order valence-corrected chi connectivity index (χ0v) is 20.1. The summed E-state index contributed by atoms with van der Waals surface area (Å²) in [5.41, 5.74) is 2.50. The molecule has 0 aliphatic rings. The van der Waals surface area contributed by atoms with Crippen molar-refractivity contribution in [1.82, 2.24) is 4.57 Å². The SMILES string of the molecule is CCCc1ccc(C(=O)/C(C#N)=c2\s/c(=C\c3sccc3C)c(=O)n2CCCOC)cc1. The van der Waals surface area contributed by atoms with E-state index >= 15 is 0 Å². The molecule has 0 saturated carbocycles. The molecule has 3 aromatic rings. The van der Waals surface area contributed by atoms with Crippen LogP contribution in [-0.2, 0) is 17.7 Å². The van der Waals surface area contributed by atoms with Gasteiger partial charge in [-0.05, 0) is 48.4 Å². The van der Waals surface area contributed by atoms with E-state index in [-0.39, 0.29) is 16.9 Å². The summed E-state index contributed by atoms with van der Waals surface area (Å²) in [5, 5.41) is 11.9. The minimum atomic E-state index is -0.365. The van der Waals surface area contributed by atoms with Crippen LogP contribution in [0.25, 0.3) is 11.6 Å². The van der Waals surface area contributed by atoms with Gasteiger partial charge in [0.25, 0.3) is 5.56 Å². The van der Waals surface area contributed by atoms with Crippen LogP contribution in [0.5, 0.6) is 0 Å². The van der Waals surface area contributed by atoms with Crippen molar-refractivity contribution in [2.24, 2.45) is 0 Å². The third-order valence-corrected chi connectivity index (χ3v) is 7.21. The molecule has 0 spiro atoms. The Bertz CT molecular complexity index is 1300. The number of aryl methyl sites for hydroxylation is 2. The number of benzene rings is 1. The summed E-state index contributed by atoms with van der Waals surface area (Å²) in [7, 11) is 1.61. The summed E-state index contributed by atoms with van der Waals surface area (Å²) in [4.78, 5) is 27.4. The Labute approximate surface area is 195 Å². The fraction of sp³-hybridized carbons (Fsp3) is 0.320. The third-order valence-electron chi connectivity index (χ3n) is 5.11. The van der Waals surface area contributed by atoms with E-state index in [9.17, 15) is 14.9 Å². The van der Waals surface area contributed by atoms with Crippen molar-refractivity contribution in [3.63, 3.8) is 0 Å². The maximum atomic E-state index is 13.2. The van der Waals surface area contributed by atoms with Gasteiger partial charge < -0.3 is 4.74 Å². The number of nitriles is 1. The second-order valence-electron chi connectivity index (χ2n) is 7.45. The number of nitrogens with zero attached hydrogens (tertiary/aromatic N) is 2. The molecule has 0 fully saturated rings. The minimum Gasteiger partial charge on any atom is -0.385 e. The van der Waals surface area contributed by atoms with Gasteiger partial charge >= 0.3 is 0 Å². The summed E-state index contributed by atoms with van der Waals surface area (Å²) in [6.07, 6.45) is 4.42. The van der Waals surface area contributed by atoms with E-state index in [1.807, 2.05) is 36.6 Å². The average molecular weight is 467 g/mol. The van der Waals surface area contributed by atoms with E-state index in [4.69, 9.17) is 4.74 Å². The average Bonchev–Trinajstić information content (AvgIpc) is 3.33.